The van der Waals surface area contributed by atoms with Gasteiger partial charge in [-0.1, -0.05) is 12.1 Å². The van der Waals surface area contributed by atoms with Crippen LogP contribution in [-0.4, -0.2) is 30.4 Å². The summed E-state index contributed by atoms with van der Waals surface area (Å²) in [6.07, 6.45) is 3.62. The van der Waals surface area contributed by atoms with Gasteiger partial charge in [0.2, 0.25) is 0 Å². The predicted molar refractivity (Wildman–Crippen MR) is 74.8 cm³/mol. The average molecular weight is 278 g/mol. The van der Waals surface area contributed by atoms with Gasteiger partial charge >= 0.3 is 0 Å². The maximum atomic E-state index is 12.2. The van der Waals surface area contributed by atoms with E-state index in [-0.39, 0.29) is 18.0 Å². The van der Waals surface area contributed by atoms with E-state index in [2.05, 4.69) is 0 Å². The molecule has 102 valence electrons. The van der Waals surface area contributed by atoms with E-state index in [9.17, 15) is 4.79 Å². The molecule has 1 aromatic carbocycles. The molecular formula is C15H18O3S. The molecule has 3 nitrogen and oxygen atoms in total. The zero-order valence-corrected chi connectivity index (χ0v) is 11.7. The van der Waals surface area contributed by atoms with Gasteiger partial charge < -0.3 is 9.47 Å². The zero-order valence-electron chi connectivity index (χ0n) is 10.8. The van der Waals surface area contributed by atoms with E-state index in [1.165, 1.54) is 0 Å². The van der Waals surface area contributed by atoms with Gasteiger partial charge in [-0.3, -0.25) is 4.79 Å². The van der Waals surface area contributed by atoms with Gasteiger partial charge in [0.25, 0.3) is 0 Å². The van der Waals surface area contributed by atoms with Crippen molar-refractivity contribution in [1.29, 1.82) is 0 Å². The maximum absolute atomic E-state index is 12.2. The van der Waals surface area contributed by atoms with Gasteiger partial charge in [-0.2, -0.15) is 0 Å². The van der Waals surface area contributed by atoms with Crippen LogP contribution in [0.1, 0.15) is 25.7 Å². The molecule has 0 amide bonds. The fourth-order valence-electron chi connectivity index (χ4n) is 2.51. The Balaban J connectivity index is 1.54. The second-order valence-electron chi connectivity index (χ2n) is 5.00. The molecule has 3 rings (SSSR count). The summed E-state index contributed by atoms with van der Waals surface area (Å²) < 4.78 is 11.3. The van der Waals surface area contributed by atoms with Crippen LogP contribution in [0.15, 0.2) is 29.2 Å². The number of ketones is 1. The molecule has 0 N–H and O–H groups in total. The van der Waals surface area contributed by atoms with Crippen LogP contribution in [0.5, 0.6) is 5.75 Å². The van der Waals surface area contributed by atoms with Crippen LogP contribution in [0, 0.1) is 0 Å². The lowest BCUT2D eigenvalue weighted by molar-refractivity contribution is -0.125. The lowest BCUT2D eigenvalue weighted by atomic mass is 10.1. The van der Waals surface area contributed by atoms with Crippen molar-refractivity contribution in [3.8, 4) is 5.75 Å². The molecule has 0 radical (unpaired) electrons. The minimum Gasteiger partial charge on any atom is -0.481 e. The number of fused-ring (bicyclic) bond motifs is 1. The van der Waals surface area contributed by atoms with E-state index in [1.54, 1.807) is 11.8 Å². The van der Waals surface area contributed by atoms with E-state index in [0.717, 1.165) is 42.3 Å². The number of benzene rings is 1. The Bertz CT molecular complexity index is 454. The second kappa shape index (κ2) is 5.97. The number of hydrogen-bond acceptors (Lipinski definition) is 4. The predicted octanol–water partition coefficient (Wildman–Crippen LogP) is 3.07. The lowest BCUT2D eigenvalue weighted by Crippen LogP contribution is -2.32. The van der Waals surface area contributed by atoms with Gasteiger partial charge in [-0.15, -0.1) is 11.8 Å². The summed E-state index contributed by atoms with van der Waals surface area (Å²) in [6, 6.07) is 7.91. The summed E-state index contributed by atoms with van der Waals surface area (Å²) in [7, 11) is 0. The van der Waals surface area contributed by atoms with Gasteiger partial charge in [0, 0.05) is 23.7 Å². The molecular weight excluding hydrogens is 260 g/mol. The highest BCUT2D eigenvalue weighted by Gasteiger charge is 2.27. The largest absolute Gasteiger partial charge is 0.481 e. The van der Waals surface area contributed by atoms with Gasteiger partial charge in [0.05, 0.1) is 6.10 Å². The number of Topliss-reactive ketones (excluding diaryl/α,β-unsaturated/α-hetero) is 1. The Morgan fingerprint density at radius 2 is 2.26 bits per heavy atom. The molecule has 4 heteroatoms. The number of thioether (sulfide) groups is 1. The maximum Gasteiger partial charge on any atom is 0.174 e. The normalized spacial score (nSPS) is 25.7. The Hall–Kier alpha value is -1.00. The summed E-state index contributed by atoms with van der Waals surface area (Å²) >= 11 is 1.71. The fourth-order valence-corrected chi connectivity index (χ4v) is 3.53. The minimum atomic E-state index is -0.290. The van der Waals surface area contributed by atoms with Crippen molar-refractivity contribution >= 4 is 17.5 Å². The number of ether oxygens (including phenoxy) is 2. The van der Waals surface area contributed by atoms with Crippen molar-refractivity contribution in [3.63, 3.8) is 0 Å². The Kier molecular flexibility index (Phi) is 4.09. The first-order chi connectivity index (χ1) is 9.33. The first kappa shape index (κ1) is 13.0. The Morgan fingerprint density at radius 1 is 1.37 bits per heavy atom. The molecule has 2 atom stereocenters. The Morgan fingerprint density at radius 3 is 3.11 bits per heavy atom. The SMILES string of the molecule is O=C(CCC1CCCO1)C1CSc2ccccc2O1. The van der Waals surface area contributed by atoms with Gasteiger partial charge in [-0.25, -0.2) is 0 Å². The highest BCUT2D eigenvalue weighted by atomic mass is 32.2. The third kappa shape index (κ3) is 3.12. The third-order valence-electron chi connectivity index (χ3n) is 3.60. The highest BCUT2D eigenvalue weighted by molar-refractivity contribution is 7.99. The summed E-state index contributed by atoms with van der Waals surface area (Å²) in [4.78, 5) is 13.3. The molecule has 0 aromatic heterocycles. The molecule has 1 saturated heterocycles. The van der Waals surface area contributed by atoms with Crippen LogP contribution < -0.4 is 4.74 Å². The first-order valence-electron chi connectivity index (χ1n) is 6.86. The molecule has 1 fully saturated rings. The van der Waals surface area contributed by atoms with Crippen LogP contribution in [-0.2, 0) is 9.53 Å². The molecule has 2 heterocycles. The lowest BCUT2D eigenvalue weighted by Gasteiger charge is -2.24. The number of carbonyl (C=O) groups excluding carboxylic acids is 1. The molecule has 2 aliphatic heterocycles. The zero-order chi connectivity index (χ0) is 13.1. The smallest absolute Gasteiger partial charge is 0.174 e. The van der Waals surface area contributed by atoms with E-state index >= 15 is 0 Å². The summed E-state index contributed by atoms with van der Waals surface area (Å²) in [6.45, 7) is 0.849. The summed E-state index contributed by atoms with van der Waals surface area (Å²) in [5, 5.41) is 0. The van der Waals surface area contributed by atoms with Crippen LogP contribution in [0.3, 0.4) is 0 Å². The molecule has 1 aromatic rings. The number of carbonyl (C=O) groups is 1. The van der Waals surface area contributed by atoms with Gasteiger partial charge in [0.1, 0.15) is 5.75 Å². The van der Waals surface area contributed by atoms with Crippen LogP contribution >= 0.6 is 11.8 Å². The number of rotatable bonds is 4. The van der Waals surface area contributed by atoms with Gasteiger partial charge in [0.15, 0.2) is 11.9 Å². The standard InChI is InChI=1S/C15H18O3S/c16-12(8-7-11-4-3-9-17-11)14-10-19-15-6-2-1-5-13(15)18-14/h1-2,5-6,11,14H,3-4,7-10H2. The van der Waals surface area contributed by atoms with Gasteiger partial charge in [-0.05, 0) is 31.4 Å². The van der Waals surface area contributed by atoms with Crippen molar-refractivity contribution in [2.75, 3.05) is 12.4 Å². The van der Waals surface area contributed by atoms with Crippen molar-refractivity contribution in [2.24, 2.45) is 0 Å². The van der Waals surface area contributed by atoms with E-state index in [4.69, 9.17) is 9.47 Å². The summed E-state index contributed by atoms with van der Waals surface area (Å²) in [5.74, 6) is 1.77. The molecule has 19 heavy (non-hydrogen) atoms. The van der Waals surface area contributed by atoms with Crippen molar-refractivity contribution in [2.45, 2.75) is 42.8 Å². The molecule has 2 aliphatic rings. The van der Waals surface area contributed by atoms with E-state index < -0.39 is 0 Å². The second-order valence-corrected chi connectivity index (χ2v) is 6.07. The molecule has 0 saturated carbocycles. The quantitative estimate of drug-likeness (QED) is 0.848. The molecule has 0 spiro atoms. The van der Waals surface area contributed by atoms with Crippen molar-refractivity contribution in [3.05, 3.63) is 24.3 Å². The van der Waals surface area contributed by atoms with Crippen LogP contribution in [0.4, 0.5) is 0 Å². The topological polar surface area (TPSA) is 35.5 Å². The Labute approximate surface area is 117 Å². The first-order valence-corrected chi connectivity index (χ1v) is 7.84. The molecule has 0 aliphatic carbocycles. The van der Waals surface area contributed by atoms with Crippen molar-refractivity contribution < 1.29 is 14.3 Å². The van der Waals surface area contributed by atoms with E-state index in [1.807, 2.05) is 24.3 Å². The summed E-state index contributed by atoms with van der Waals surface area (Å²) in [5.41, 5.74) is 0. The van der Waals surface area contributed by atoms with Crippen LogP contribution in [0.2, 0.25) is 0 Å². The van der Waals surface area contributed by atoms with Crippen LogP contribution in [0.25, 0.3) is 0 Å². The number of hydrogen-bond donors (Lipinski definition) is 0. The monoisotopic (exact) mass is 278 g/mol. The molecule has 2 unspecified atom stereocenters. The highest BCUT2D eigenvalue weighted by Crippen LogP contribution is 2.35. The fraction of sp³-hybridized carbons (Fsp3) is 0.533. The third-order valence-corrected chi connectivity index (χ3v) is 4.72. The van der Waals surface area contributed by atoms with Crippen molar-refractivity contribution in [1.82, 2.24) is 0 Å². The van der Waals surface area contributed by atoms with E-state index in [0.29, 0.717) is 6.42 Å². The molecule has 0 bridgehead atoms. The average Bonchev–Trinajstić information content (AvgIpc) is 2.97. The number of para-hydroxylation sites is 1. The minimum absolute atomic E-state index is 0.206.